The van der Waals surface area contributed by atoms with Crippen LogP contribution in [0.15, 0.2) is 18.2 Å². The van der Waals surface area contributed by atoms with Crippen molar-refractivity contribution < 1.29 is 9.90 Å². The van der Waals surface area contributed by atoms with Gasteiger partial charge in [0.15, 0.2) is 0 Å². The fraction of sp³-hybridized carbons (Fsp3) is 0.438. The van der Waals surface area contributed by atoms with Gasteiger partial charge in [-0.15, -0.1) is 0 Å². The van der Waals surface area contributed by atoms with Crippen LogP contribution in [-0.4, -0.2) is 30.7 Å². The summed E-state index contributed by atoms with van der Waals surface area (Å²) in [6.45, 7) is 0.161. The fourth-order valence-corrected chi connectivity index (χ4v) is 2.30. The van der Waals surface area contributed by atoms with Crippen molar-refractivity contribution in [3.8, 4) is 11.8 Å². The maximum Gasteiger partial charge on any atom is 0.243 e. The van der Waals surface area contributed by atoms with Crippen molar-refractivity contribution in [1.82, 2.24) is 0 Å². The summed E-state index contributed by atoms with van der Waals surface area (Å²) in [6.07, 6.45) is 2.85. The number of rotatable bonds is 2. The van der Waals surface area contributed by atoms with Gasteiger partial charge in [-0.05, 0) is 37.0 Å². The molecule has 0 radical (unpaired) electrons. The smallest absolute Gasteiger partial charge is 0.243 e. The van der Waals surface area contributed by atoms with E-state index < -0.39 is 6.04 Å². The van der Waals surface area contributed by atoms with Crippen LogP contribution in [0, 0.1) is 11.8 Å². The molecule has 0 saturated carbocycles. The lowest BCUT2D eigenvalue weighted by atomic mass is 10.0. The van der Waals surface area contributed by atoms with Gasteiger partial charge in [0.1, 0.15) is 0 Å². The first kappa shape index (κ1) is 14.6. The van der Waals surface area contributed by atoms with Crippen LogP contribution in [0.2, 0.25) is 0 Å². The van der Waals surface area contributed by atoms with E-state index in [-0.39, 0.29) is 12.5 Å². The lowest BCUT2D eigenvalue weighted by Crippen LogP contribution is -2.40. The Bertz CT molecular complexity index is 557. The van der Waals surface area contributed by atoms with Gasteiger partial charge < -0.3 is 15.7 Å². The summed E-state index contributed by atoms with van der Waals surface area (Å²) < 4.78 is 0. The second-order valence-corrected chi connectivity index (χ2v) is 5.01. The summed E-state index contributed by atoms with van der Waals surface area (Å²) in [6, 6.07) is 5.51. The lowest BCUT2D eigenvalue weighted by Gasteiger charge is -2.19. The van der Waals surface area contributed by atoms with Gasteiger partial charge in [-0.2, -0.15) is 0 Å². The molecule has 4 heteroatoms. The molecule has 1 aromatic carbocycles. The molecule has 2 rings (SSSR count). The number of anilines is 1. The monoisotopic (exact) mass is 272 g/mol. The molecule has 0 aromatic heterocycles. The Labute approximate surface area is 119 Å². The number of aliphatic hydroxyl groups excluding tert-OH is 1. The van der Waals surface area contributed by atoms with Crippen LogP contribution in [-0.2, 0) is 11.2 Å². The lowest BCUT2D eigenvalue weighted by molar-refractivity contribution is -0.119. The van der Waals surface area contributed by atoms with Crippen molar-refractivity contribution >= 4 is 11.6 Å². The molecule has 4 nitrogen and oxygen atoms in total. The van der Waals surface area contributed by atoms with Gasteiger partial charge in [0, 0.05) is 31.3 Å². The third kappa shape index (κ3) is 3.19. The van der Waals surface area contributed by atoms with E-state index >= 15 is 0 Å². The number of fused-ring (bicyclic) bond motifs is 1. The third-order valence-corrected chi connectivity index (χ3v) is 3.51. The zero-order chi connectivity index (χ0) is 14.5. The van der Waals surface area contributed by atoms with Crippen molar-refractivity contribution in [2.75, 3.05) is 18.6 Å². The molecule has 106 valence electrons. The second kappa shape index (κ2) is 6.56. The highest BCUT2D eigenvalue weighted by atomic mass is 16.2. The molecule has 1 atom stereocenters. The van der Waals surface area contributed by atoms with Crippen LogP contribution < -0.4 is 10.6 Å². The number of hydrogen-bond acceptors (Lipinski definition) is 3. The number of amides is 1. The van der Waals surface area contributed by atoms with Crippen molar-refractivity contribution in [2.24, 2.45) is 5.73 Å². The largest absolute Gasteiger partial charge is 0.396 e. The number of aliphatic hydroxyl groups is 1. The normalized spacial score (nSPS) is 18.1. The van der Waals surface area contributed by atoms with Crippen LogP contribution in [0.3, 0.4) is 0 Å². The minimum atomic E-state index is -0.425. The molecule has 1 aliphatic rings. The molecule has 20 heavy (non-hydrogen) atoms. The summed E-state index contributed by atoms with van der Waals surface area (Å²) in [4.78, 5) is 13.7. The number of likely N-dealkylation sites (N-methyl/N-ethyl adjacent to an activating group) is 1. The molecule has 0 saturated heterocycles. The standard InChI is InChI=1S/C16H20N2O2/c1-18-15-11-12(5-3-2-4-10-19)6-7-13(15)8-9-14(17)16(18)20/h6-7,11,14,19H,2,4,8-10,17H2,1H3/t14-/m0/s1. The number of benzene rings is 1. The van der Waals surface area contributed by atoms with Gasteiger partial charge in [-0.3, -0.25) is 4.79 Å². The van der Waals surface area contributed by atoms with Gasteiger partial charge in [0.05, 0.1) is 6.04 Å². The first-order valence-electron chi connectivity index (χ1n) is 6.89. The Morgan fingerprint density at radius 3 is 3.05 bits per heavy atom. The molecular formula is C16H20N2O2. The highest BCUT2D eigenvalue weighted by Gasteiger charge is 2.25. The summed E-state index contributed by atoms with van der Waals surface area (Å²) in [7, 11) is 1.76. The average molecular weight is 272 g/mol. The van der Waals surface area contributed by atoms with E-state index in [4.69, 9.17) is 10.8 Å². The molecule has 1 heterocycles. The van der Waals surface area contributed by atoms with Crippen LogP contribution in [0.25, 0.3) is 0 Å². The van der Waals surface area contributed by atoms with Crippen LogP contribution in [0.4, 0.5) is 5.69 Å². The van der Waals surface area contributed by atoms with Crippen LogP contribution in [0.5, 0.6) is 0 Å². The Kier molecular flexibility index (Phi) is 4.78. The van der Waals surface area contributed by atoms with E-state index in [2.05, 4.69) is 11.8 Å². The quantitative estimate of drug-likeness (QED) is 0.624. The molecule has 1 amide bonds. The number of carbonyl (C=O) groups excluding carboxylic acids is 1. The number of hydrogen-bond donors (Lipinski definition) is 2. The molecule has 0 spiro atoms. The van der Waals surface area contributed by atoms with Crippen molar-refractivity contribution in [3.63, 3.8) is 0 Å². The molecule has 0 fully saturated rings. The zero-order valence-corrected chi connectivity index (χ0v) is 11.7. The molecule has 0 aliphatic carbocycles. The predicted octanol–water partition coefficient (Wildman–Crippen LogP) is 1.05. The highest BCUT2D eigenvalue weighted by molar-refractivity contribution is 5.98. The summed E-state index contributed by atoms with van der Waals surface area (Å²) in [5, 5.41) is 8.72. The van der Waals surface area contributed by atoms with Gasteiger partial charge in [0.25, 0.3) is 0 Å². The average Bonchev–Trinajstić information content (AvgIpc) is 2.57. The topological polar surface area (TPSA) is 66.6 Å². The minimum Gasteiger partial charge on any atom is -0.396 e. The Morgan fingerprint density at radius 2 is 2.30 bits per heavy atom. The van der Waals surface area contributed by atoms with E-state index in [1.165, 1.54) is 0 Å². The van der Waals surface area contributed by atoms with Gasteiger partial charge in [-0.25, -0.2) is 0 Å². The van der Waals surface area contributed by atoms with E-state index in [1.807, 2.05) is 18.2 Å². The molecule has 0 bridgehead atoms. The minimum absolute atomic E-state index is 0.0471. The summed E-state index contributed by atoms with van der Waals surface area (Å²) in [5.74, 6) is 6.04. The highest BCUT2D eigenvalue weighted by Crippen LogP contribution is 2.26. The molecule has 0 unspecified atom stereocenters. The van der Waals surface area contributed by atoms with Gasteiger partial charge in [-0.1, -0.05) is 17.9 Å². The first-order valence-corrected chi connectivity index (χ1v) is 6.89. The van der Waals surface area contributed by atoms with E-state index in [1.54, 1.807) is 11.9 Å². The van der Waals surface area contributed by atoms with Gasteiger partial charge >= 0.3 is 0 Å². The molecule has 3 N–H and O–H groups in total. The van der Waals surface area contributed by atoms with Crippen LogP contribution >= 0.6 is 0 Å². The van der Waals surface area contributed by atoms with Crippen LogP contribution in [0.1, 0.15) is 30.4 Å². The Morgan fingerprint density at radius 1 is 1.50 bits per heavy atom. The Balaban J connectivity index is 2.25. The van der Waals surface area contributed by atoms with E-state index in [0.717, 1.165) is 23.2 Å². The van der Waals surface area contributed by atoms with Crippen molar-refractivity contribution in [3.05, 3.63) is 29.3 Å². The maximum atomic E-state index is 12.1. The number of unbranched alkanes of at least 4 members (excludes halogenated alkanes) is 1. The number of aryl methyl sites for hydroxylation is 1. The van der Waals surface area contributed by atoms with Gasteiger partial charge in [0.2, 0.25) is 5.91 Å². The van der Waals surface area contributed by atoms with Crippen molar-refractivity contribution in [1.29, 1.82) is 0 Å². The number of nitrogens with zero attached hydrogens (tertiary/aromatic N) is 1. The van der Waals surface area contributed by atoms with Crippen molar-refractivity contribution in [2.45, 2.75) is 31.7 Å². The fourth-order valence-electron chi connectivity index (χ4n) is 2.30. The number of nitrogens with two attached hydrogens (primary N) is 1. The SMILES string of the molecule is CN1C(=O)[C@@H](N)CCc2ccc(C#CCCCO)cc21. The predicted molar refractivity (Wildman–Crippen MR) is 79.3 cm³/mol. The summed E-state index contributed by atoms with van der Waals surface area (Å²) >= 11 is 0. The van der Waals surface area contributed by atoms with E-state index in [0.29, 0.717) is 19.3 Å². The summed E-state index contributed by atoms with van der Waals surface area (Å²) in [5.41, 5.74) is 8.78. The molecule has 1 aromatic rings. The maximum absolute atomic E-state index is 12.1. The first-order chi connectivity index (χ1) is 9.63. The second-order valence-electron chi connectivity index (χ2n) is 5.01. The molecular weight excluding hydrogens is 252 g/mol. The van der Waals surface area contributed by atoms with E-state index in [9.17, 15) is 4.79 Å². The Hall–Kier alpha value is -1.83. The zero-order valence-electron chi connectivity index (χ0n) is 11.7. The third-order valence-electron chi connectivity index (χ3n) is 3.51. The number of carbonyl (C=O) groups is 1. The molecule has 1 aliphatic heterocycles.